The molecule has 0 bridgehead atoms. The summed E-state index contributed by atoms with van der Waals surface area (Å²) in [5.74, 6) is 0.309. The van der Waals surface area contributed by atoms with Crippen LogP contribution in [0.3, 0.4) is 0 Å². The number of hydrogen-bond donors (Lipinski definition) is 1. The van der Waals surface area contributed by atoms with Crippen molar-refractivity contribution in [3.8, 4) is 0 Å². The lowest BCUT2D eigenvalue weighted by Gasteiger charge is -2.35. The van der Waals surface area contributed by atoms with Gasteiger partial charge in [-0.2, -0.15) is 0 Å². The highest BCUT2D eigenvalue weighted by molar-refractivity contribution is 5.78. The molecule has 104 valence electrons. The molecular formula is C15H28N2O. The largest absolute Gasteiger partial charge is 0.342 e. The molecule has 2 aliphatic rings. The maximum atomic E-state index is 12.2. The third-order valence-electron chi connectivity index (χ3n) is 4.58. The highest BCUT2D eigenvalue weighted by atomic mass is 16.2. The van der Waals surface area contributed by atoms with Crippen molar-refractivity contribution in [2.45, 2.75) is 70.3 Å². The molecule has 1 saturated heterocycles. The van der Waals surface area contributed by atoms with Crippen molar-refractivity contribution in [3.05, 3.63) is 0 Å². The number of carbonyl (C=O) groups is 1. The van der Waals surface area contributed by atoms with Gasteiger partial charge in [-0.25, -0.2) is 0 Å². The fourth-order valence-electron chi connectivity index (χ4n) is 3.23. The molecule has 1 amide bonds. The van der Waals surface area contributed by atoms with E-state index in [0.29, 0.717) is 12.5 Å². The molecule has 1 aliphatic carbocycles. The molecule has 3 nitrogen and oxygen atoms in total. The van der Waals surface area contributed by atoms with Crippen LogP contribution in [0.1, 0.15) is 64.7 Å². The molecule has 1 saturated carbocycles. The molecular weight excluding hydrogens is 224 g/mol. The summed E-state index contributed by atoms with van der Waals surface area (Å²) in [5, 5.41) is 3.52. The number of nitrogens with zero attached hydrogens (tertiary/aromatic N) is 1. The second-order valence-electron chi connectivity index (χ2n) is 6.27. The van der Waals surface area contributed by atoms with Crippen molar-refractivity contribution in [2.75, 3.05) is 19.6 Å². The SMILES string of the molecule is CC1(NCC(=O)N2CCCCCC2)CCCCC1. The van der Waals surface area contributed by atoms with Gasteiger partial charge in [-0.15, -0.1) is 0 Å². The first-order valence-electron chi connectivity index (χ1n) is 7.72. The minimum atomic E-state index is 0.208. The van der Waals surface area contributed by atoms with Crippen molar-refractivity contribution in [2.24, 2.45) is 0 Å². The molecule has 1 aliphatic heterocycles. The summed E-state index contributed by atoms with van der Waals surface area (Å²) >= 11 is 0. The molecule has 0 aromatic carbocycles. The minimum Gasteiger partial charge on any atom is -0.342 e. The molecule has 0 atom stereocenters. The average Bonchev–Trinajstić information content (AvgIpc) is 2.66. The molecule has 0 spiro atoms. The van der Waals surface area contributed by atoms with Gasteiger partial charge in [-0.05, 0) is 32.6 Å². The molecule has 1 heterocycles. The van der Waals surface area contributed by atoms with E-state index in [1.54, 1.807) is 0 Å². The van der Waals surface area contributed by atoms with E-state index in [1.807, 2.05) is 0 Å². The van der Waals surface area contributed by atoms with E-state index in [-0.39, 0.29) is 5.54 Å². The van der Waals surface area contributed by atoms with E-state index in [1.165, 1.54) is 57.8 Å². The summed E-state index contributed by atoms with van der Waals surface area (Å²) in [5.41, 5.74) is 0.208. The number of likely N-dealkylation sites (tertiary alicyclic amines) is 1. The summed E-state index contributed by atoms with van der Waals surface area (Å²) in [6.45, 7) is 4.76. The van der Waals surface area contributed by atoms with Gasteiger partial charge in [0.25, 0.3) is 0 Å². The van der Waals surface area contributed by atoms with Crippen molar-refractivity contribution in [1.29, 1.82) is 0 Å². The fourth-order valence-corrected chi connectivity index (χ4v) is 3.23. The van der Waals surface area contributed by atoms with Crippen LogP contribution >= 0.6 is 0 Å². The van der Waals surface area contributed by atoms with Crippen LogP contribution in [0.2, 0.25) is 0 Å². The second kappa shape index (κ2) is 6.55. The summed E-state index contributed by atoms with van der Waals surface area (Å²) < 4.78 is 0. The molecule has 18 heavy (non-hydrogen) atoms. The first-order chi connectivity index (χ1) is 8.70. The van der Waals surface area contributed by atoms with Gasteiger partial charge >= 0.3 is 0 Å². The molecule has 2 fully saturated rings. The van der Waals surface area contributed by atoms with Gasteiger partial charge in [0, 0.05) is 18.6 Å². The average molecular weight is 252 g/mol. The van der Waals surface area contributed by atoms with E-state index in [9.17, 15) is 4.79 Å². The van der Waals surface area contributed by atoms with Gasteiger partial charge in [-0.3, -0.25) is 4.79 Å². The van der Waals surface area contributed by atoms with E-state index in [0.717, 1.165) is 13.1 Å². The summed E-state index contributed by atoms with van der Waals surface area (Å²) in [7, 11) is 0. The molecule has 0 aromatic heterocycles. The smallest absolute Gasteiger partial charge is 0.236 e. The molecule has 0 unspecified atom stereocenters. The number of nitrogens with one attached hydrogen (secondary N) is 1. The van der Waals surface area contributed by atoms with Gasteiger partial charge in [0.05, 0.1) is 6.54 Å². The quantitative estimate of drug-likeness (QED) is 0.837. The van der Waals surface area contributed by atoms with Gasteiger partial charge in [0.15, 0.2) is 0 Å². The first-order valence-corrected chi connectivity index (χ1v) is 7.72. The van der Waals surface area contributed by atoms with Crippen molar-refractivity contribution in [1.82, 2.24) is 10.2 Å². The Morgan fingerprint density at radius 1 is 1.00 bits per heavy atom. The van der Waals surface area contributed by atoms with Crippen LogP contribution < -0.4 is 5.32 Å². The predicted molar refractivity (Wildman–Crippen MR) is 74.5 cm³/mol. The molecule has 2 rings (SSSR count). The van der Waals surface area contributed by atoms with Crippen LogP contribution in [0.5, 0.6) is 0 Å². The number of rotatable bonds is 3. The first kappa shape index (κ1) is 13.9. The zero-order valence-corrected chi connectivity index (χ0v) is 11.8. The maximum Gasteiger partial charge on any atom is 0.236 e. The van der Waals surface area contributed by atoms with Crippen LogP contribution in [0, 0.1) is 0 Å². The number of hydrogen-bond acceptors (Lipinski definition) is 2. The third kappa shape index (κ3) is 3.98. The van der Waals surface area contributed by atoms with Crippen molar-refractivity contribution >= 4 is 5.91 Å². The maximum absolute atomic E-state index is 12.2. The molecule has 1 N–H and O–H groups in total. The summed E-state index contributed by atoms with van der Waals surface area (Å²) in [4.78, 5) is 14.3. The van der Waals surface area contributed by atoms with E-state index in [4.69, 9.17) is 0 Å². The lowest BCUT2D eigenvalue weighted by Crippen LogP contribution is -2.49. The Labute approximate surface area is 111 Å². The molecule has 0 aromatic rings. The van der Waals surface area contributed by atoms with Crippen molar-refractivity contribution < 1.29 is 4.79 Å². The Morgan fingerprint density at radius 2 is 1.56 bits per heavy atom. The Bertz CT molecular complexity index is 264. The Morgan fingerprint density at radius 3 is 2.17 bits per heavy atom. The van der Waals surface area contributed by atoms with Gasteiger partial charge in [0.1, 0.15) is 0 Å². The Balaban J connectivity index is 1.76. The second-order valence-corrected chi connectivity index (χ2v) is 6.27. The number of carbonyl (C=O) groups excluding carboxylic acids is 1. The van der Waals surface area contributed by atoms with Crippen LogP contribution in [0.25, 0.3) is 0 Å². The number of amides is 1. The fraction of sp³-hybridized carbons (Fsp3) is 0.933. The predicted octanol–water partition coefficient (Wildman–Crippen LogP) is 2.70. The van der Waals surface area contributed by atoms with Crippen LogP contribution in [-0.2, 0) is 4.79 Å². The normalized spacial score (nSPS) is 24.6. The third-order valence-corrected chi connectivity index (χ3v) is 4.58. The van der Waals surface area contributed by atoms with Crippen molar-refractivity contribution in [3.63, 3.8) is 0 Å². The Kier molecular flexibility index (Phi) is 5.04. The van der Waals surface area contributed by atoms with Crippen LogP contribution in [-0.4, -0.2) is 36.0 Å². The van der Waals surface area contributed by atoms with E-state index < -0.39 is 0 Å². The summed E-state index contributed by atoms with van der Waals surface area (Å²) in [6.07, 6.45) is 11.4. The lowest BCUT2D eigenvalue weighted by atomic mass is 9.83. The topological polar surface area (TPSA) is 32.3 Å². The van der Waals surface area contributed by atoms with Crippen LogP contribution in [0.15, 0.2) is 0 Å². The summed E-state index contributed by atoms with van der Waals surface area (Å²) in [6, 6.07) is 0. The molecule has 0 radical (unpaired) electrons. The lowest BCUT2D eigenvalue weighted by molar-refractivity contribution is -0.130. The van der Waals surface area contributed by atoms with E-state index >= 15 is 0 Å². The van der Waals surface area contributed by atoms with Crippen LogP contribution in [0.4, 0.5) is 0 Å². The van der Waals surface area contributed by atoms with Gasteiger partial charge < -0.3 is 10.2 Å². The zero-order chi connectivity index (χ0) is 12.8. The standard InChI is InChI=1S/C15H28N2O/c1-15(9-5-4-6-10-15)16-13-14(18)17-11-7-2-3-8-12-17/h16H,2-13H2,1H3. The van der Waals surface area contributed by atoms with E-state index in [2.05, 4.69) is 17.1 Å². The molecule has 3 heteroatoms. The highest BCUT2D eigenvalue weighted by Gasteiger charge is 2.27. The Hall–Kier alpha value is -0.570. The van der Waals surface area contributed by atoms with Gasteiger partial charge in [-0.1, -0.05) is 32.1 Å². The minimum absolute atomic E-state index is 0.208. The monoisotopic (exact) mass is 252 g/mol. The zero-order valence-electron chi connectivity index (χ0n) is 11.8. The highest BCUT2D eigenvalue weighted by Crippen LogP contribution is 2.27. The van der Waals surface area contributed by atoms with Gasteiger partial charge in [0.2, 0.25) is 5.91 Å².